The van der Waals surface area contributed by atoms with Crippen molar-refractivity contribution in [3.8, 4) is 84.7 Å². The van der Waals surface area contributed by atoms with E-state index in [1.54, 1.807) is 0 Å². The van der Waals surface area contributed by atoms with E-state index >= 15 is 0 Å². The Morgan fingerprint density at radius 3 is 1.75 bits per heavy atom. The minimum atomic E-state index is 0.0186. The smallest absolute Gasteiger partial charge is 0.164 e. The predicted molar refractivity (Wildman–Crippen MR) is 279 cm³/mol. The van der Waals surface area contributed by atoms with Gasteiger partial charge in [-0.25, -0.2) is 15.0 Å². The number of hydrogen-bond acceptors (Lipinski definition) is 4. The normalized spacial score (nSPS) is 13.8. The first-order valence-electron chi connectivity index (χ1n) is 23.2. The molecular formula is C64H40N4. The fraction of sp³-hybridized carbons (Fsp3) is 0.0312. The maximum atomic E-state index is 10.5. The number of benzene rings is 10. The van der Waals surface area contributed by atoms with Crippen LogP contribution in [0, 0.1) is 11.3 Å². The van der Waals surface area contributed by atoms with Crippen LogP contribution in [-0.2, 0) is 0 Å². The van der Waals surface area contributed by atoms with Gasteiger partial charge in [0.2, 0.25) is 0 Å². The first-order chi connectivity index (χ1) is 33.6. The monoisotopic (exact) mass is 864 g/mol. The van der Waals surface area contributed by atoms with Gasteiger partial charge in [0.1, 0.15) is 0 Å². The zero-order valence-electron chi connectivity index (χ0n) is 36.9. The Balaban J connectivity index is 0.872. The van der Waals surface area contributed by atoms with Gasteiger partial charge in [-0.1, -0.05) is 212 Å². The number of aromatic nitrogens is 3. The molecule has 0 saturated heterocycles. The molecule has 0 spiro atoms. The van der Waals surface area contributed by atoms with Crippen LogP contribution < -0.4 is 0 Å². The Morgan fingerprint density at radius 2 is 0.956 bits per heavy atom. The Kier molecular flexibility index (Phi) is 9.33. The average molecular weight is 865 g/mol. The SMILES string of the molecule is N#CC1=CC(c2ccc(-c3cccc4c3ccc3ccccc34)cc2)CC(c2ccccc2-c2ccccc2-c2nc(-c3ccccc3)nc(-c3ccc4c(c3)-c3cccc5cccc-4c35)n2)=C1. The quantitative estimate of drug-likeness (QED) is 0.150. The van der Waals surface area contributed by atoms with Crippen molar-refractivity contribution < 1.29 is 0 Å². The Bertz CT molecular complexity index is 3940. The van der Waals surface area contributed by atoms with Crippen LogP contribution in [0.25, 0.3) is 117 Å². The molecule has 0 fully saturated rings. The van der Waals surface area contributed by atoms with E-state index in [0.29, 0.717) is 23.0 Å². The molecular weight excluding hydrogens is 825 g/mol. The molecule has 0 aliphatic heterocycles. The molecule has 1 aromatic heterocycles. The molecule has 2 aliphatic rings. The van der Waals surface area contributed by atoms with Gasteiger partial charge in [0, 0.05) is 28.2 Å². The van der Waals surface area contributed by atoms with Crippen molar-refractivity contribution in [3.63, 3.8) is 0 Å². The van der Waals surface area contributed by atoms with Gasteiger partial charge in [0.25, 0.3) is 0 Å². The molecule has 10 aromatic carbocycles. The maximum Gasteiger partial charge on any atom is 0.164 e. The zero-order valence-corrected chi connectivity index (χ0v) is 36.9. The van der Waals surface area contributed by atoms with Gasteiger partial charge < -0.3 is 0 Å². The molecule has 0 N–H and O–H groups in total. The van der Waals surface area contributed by atoms with E-state index in [4.69, 9.17) is 15.0 Å². The van der Waals surface area contributed by atoms with Crippen LogP contribution in [0.2, 0.25) is 0 Å². The lowest BCUT2D eigenvalue weighted by atomic mass is 9.80. The first kappa shape index (κ1) is 39.3. The molecule has 4 nitrogen and oxygen atoms in total. The number of hydrogen-bond donors (Lipinski definition) is 0. The predicted octanol–water partition coefficient (Wildman–Crippen LogP) is 16.3. The van der Waals surface area contributed by atoms with Gasteiger partial charge in [0.15, 0.2) is 17.5 Å². The van der Waals surface area contributed by atoms with Crippen molar-refractivity contribution in [2.45, 2.75) is 12.3 Å². The summed E-state index contributed by atoms with van der Waals surface area (Å²) in [6.07, 6.45) is 4.93. The third kappa shape index (κ3) is 6.64. The van der Waals surface area contributed by atoms with Gasteiger partial charge in [-0.15, -0.1) is 0 Å². The molecule has 1 unspecified atom stereocenters. The summed E-state index contributed by atoms with van der Waals surface area (Å²) in [5.74, 6) is 1.84. The lowest BCUT2D eigenvalue weighted by molar-refractivity contribution is 0.862. The number of allylic oxidation sites excluding steroid dienone is 4. The minimum absolute atomic E-state index is 0.0186. The van der Waals surface area contributed by atoms with Crippen LogP contribution in [0.1, 0.15) is 23.5 Å². The van der Waals surface area contributed by atoms with E-state index in [1.807, 2.05) is 18.2 Å². The van der Waals surface area contributed by atoms with E-state index in [1.165, 1.54) is 71.3 Å². The Hall–Kier alpha value is -9.04. The van der Waals surface area contributed by atoms with Gasteiger partial charge in [-0.2, -0.15) is 5.26 Å². The molecule has 0 radical (unpaired) electrons. The molecule has 0 amide bonds. The highest BCUT2D eigenvalue weighted by Crippen LogP contribution is 2.49. The van der Waals surface area contributed by atoms with Crippen LogP contribution in [0.3, 0.4) is 0 Å². The molecule has 68 heavy (non-hydrogen) atoms. The Morgan fingerprint density at radius 1 is 0.382 bits per heavy atom. The van der Waals surface area contributed by atoms with Gasteiger partial charge in [0.05, 0.1) is 6.07 Å². The first-order valence-corrected chi connectivity index (χ1v) is 23.2. The van der Waals surface area contributed by atoms with Crippen LogP contribution >= 0.6 is 0 Å². The summed E-state index contributed by atoms with van der Waals surface area (Å²) in [5.41, 5.74) is 16.1. The zero-order chi connectivity index (χ0) is 45.1. The fourth-order valence-corrected chi connectivity index (χ4v) is 10.7. The summed E-state index contributed by atoms with van der Waals surface area (Å²) in [4.78, 5) is 15.7. The summed E-state index contributed by atoms with van der Waals surface area (Å²) in [7, 11) is 0. The third-order valence-electron chi connectivity index (χ3n) is 13.9. The summed E-state index contributed by atoms with van der Waals surface area (Å²) < 4.78 is 0. The van der Waals surface area contributed by atoms with Gasteiger partial charge >= 0.3 is 0 Å². The lowest BCUT2D eigenvalue weighted by Crippen LogP contribution is -2.05. The molecule has 0 bridgehead atoms. The third-order valence-corrected chi connectivity index (χ3v) is 13.9. The molecule has 1 atom stereocenters. The highest BCUT2D eigenvalue weighted by Gasteiger charge is 2.25. The molecule has 1 heterocycles. The van der Waals surface area contributed by atoms with Crippen molar-refractivity contribution >= 4 is 37.9 Å². The van der Waals surface area contributed by atoms with Crippen molar-refractivity contribution in [1.82, 2.24) is 15.0 Å². The second kappa shape index (κ2) is 16.1. The van der Waals surface area contributed by atoms with E-state index in [9.17, 15) is 5.26 Å². The average Bonchev–Trinajstić information content (AvgIpc) is 3.74. The maximum absolute atomic E-state index is 10.5. The molecule has 4 heteroatoms. The number of fused-ring (bicyclic) bond motifs is 6. The summed E-state index contributed by atoms with van der Waals surface area (Å²) in [5, 5.41) is 18.0. The number of nitrogens with zero attached hydrogens (tertiary/aromatic N) is 4. The van der Waals surface area contributed by atoms with Gasteiger partial charge in [-0.3, -0.25) is 0 Å². The van der Waals surface area contributed by atoms with Crippen LogP contribution in [0.15, 0.2) is 230 Å². The minimum Gasteiger partial charge on any atom is -0.208 e. The van der Waals surface area contributed by atoms with Crippen molar-refractivity contribution in [1.29, 1.82) is 5.26 Å². The van der Waals surface area contributed by atoms with Crippen LogP contribution in [0.5, 0.6) is 0 Å². The van der Waals surface area contributed by atoms with Crippen molar-refractivity contribution in [3.05, 3.63) is 241 Å². The van der Waals surface area contributed by atoms with E-state index in [-0.39, 0.29) is 5.92 Å². The van der Waals surface area contributed by atoms with E-state index in [2.05, 4.69) is 212 Å². The van der Waals surface area contributed by atoms with Crippen LogP contribution in [-0.4, -0.2) is 15.0 Å². The summed E-state index contributed by atoms with van der Waals surface area (Å²) in [6, 6.07) is 77.8. The fourth-order valence-electron chi connectivity index (χ4n) is 10.7. The molecule has 316 valence electrons. The van der Waals surface area contributed by atoms with Crippen molar-refractivity contribution in [2.75, 3.05) is 0 Å². The highest BCUT2D eigenvalue weighted by molar-refractivity contribution is 6.16. The van der Waals surface area contributed by atoms with E-state index < -0.39 is 0 Å². The molecule has 2 aliphatic carbocycles. The van der Waals surface area contributed by atoms with Crippen LogP contribution in [0.4, 0.5) is 0 Å². The highest BCUT2D eigenvalue weighted by atomic mass is 15.0. The molecule has 13 rings (SSSR count). The van der Waals surface area contributed by atoms with Gasteiger partial charge in [-0.05, 0) is 112 Å². The summed E-state index contributed by atoms with van der Waals surface area (Å²) >= 11 is 0. The number of rotatable bonds is 7. The van der Waals surface area contributed by atoms with Crippen molar-refractivity contribution in [2.24, 2.45) is 0 Å². The topological polar surface area (TPSA) is 62.5 Å². The number of nitriles is 1. The standard InChI is InChI=1S/C64H40N4/c65-39-40-35-47(41-27-29-43(30-28-41)50-23-12-24-53-49-18-5-4-13-42(49)31-33-55(50)53)37-48(36-40)51-19-6-7-20-52(51)54-21-8-9-22-59(54)64-67-62(45-14-2-1-3-15-45)66-63(68-64)46-32-34-56-57-25-10-16-44-17-11-26-58(61(44)57)60(56)38-46/h1-36,38,47H,37H2. The second-order valence-electron chi connectivity index (χ2n) is 17.8. The Labute approximate surface area is 394 Å². The summed E-state index contributed by atoms with van der Waals surface area (Å²) in [6.45, 7) is 0. The largest absolute Gasteiger partial charge is 0.208 e. The molecule has 0 saturated carbocycles. The van der Waals surface area contributed by atoms with E-state index in [0.717, 1.165) is 45.4 Å². The lowest BCUT2D eigenvalue weighted by Gasteiger charge is -2.23. The molecule has 11 aromatic rings. The second-order valence-corrected chi connectivity index (χ2v) is 17.8.